The molecular weight excluding hydrogens is 400 g/mol. The van der Waals surface area contributed by atoms with Crippen LogP contribution in [-0.2, 0) is 14.3 Å². The monoisotopic (exact) mass is 430 g/mol. The topological polar surface area (TPSA) is 111 Å². The van der Waals surface area contributed by atoms with E-state index in [4.69, 9.17) is 4.74 Å². The van der Waals surface area contributed by atoms with Gasteiger partial charge in [-0.2, -0.15) is 0 Å². The first-order valence-electron chi connectivity index (χ1n) is 11.0. The second-order valence-corrected chi connectivity index (χ2v) is 8.56. The molecule has 3 atom stereocenters. The van der Waals surface area contributed by atoms with Gasteiger partial charge >= 0.3 is 6.09 Å². The third-order valence-electron chi connectivity index (χ3n) is 6.66. The zero-order valence-electron chi connectivity index (χ0n) is 17.5. The van der Waals surface area contributed by atoms with Gasteiger partial charge < -0.3 is 19.9 Å². The molecule has 1 aromatic carbocycles. The first-order valence-corrected chi connectivity index (χ1v) is 11.0. The highest BCUT2D eigenvalue weighted by Crippen LogP contribution is 2.29. The number of carbonyl (C=O) groups excluding carboxylic acids is 3. The second kappa shape index (κ2) is 9.65. The van der Waals surface area contributed by atoms with Gasteiger partial charge in [0.15, 0.2) is 0 Å². The van der Waals surface area contributed by atoms with E-state index in [1.54, 1.807) is 15.3 Å². The molecule has 0 radical (unpaired) electrons. The Balaban J connectivity index is 1.35. The number of piperidine rings is 2. The summed E-state index contributed by atoms with van der Waals surface area (Å²) >= 11 is 0. The summed E-state index contributed by atoms with van der Waals surface area (Å²) in [6, 6.07) is 9.54. The van der Waals surface area contributed by atoms with E-state index in [0.29, 0.717) is 38.6 Å². The third kappa shape index (κ3) is 4.83. The van der Waals surface area contributed by atoms with Gasteiger partial charge in [-0.3, -0.25) is 14.8 Å². The van der Waals surface area contributed by atoms with Crippen molar-refractivity contribution in [2.45, 2.75) is 43.7 Å². The largest absolute Gasteiger partial charge is 0.445 e. The minimum absolute atomic E-state index is 0.146. The Hall–Kier alpha value is -2.65. The summed E-state index contributed by atoms with van der Waals surface area (Å²) in [6.07, 6.45) is 1.98. The molecule has 0 spiro atoms. The van der Waals surface area contributed by atoms with Crippen molar-refractivity contribution in [3.63, 3.8) is 0 Å². The molecule has 9 heteroatoms. The molecule has 0 unspecified atom stereocenters. The van der Waals surface area contributed by atoms with Crippen molar-refractivity contribution >= 4 is 17.9 Å². The average molecular weight is 431 g/mol. The van der Waals surface area contributed by atoms with Crippen LogP contribution in [0.1, 0.15) is 37.2 Å². The van der Waals surface area contributed by atoms with Crippen LogP contribution in [0.2, 0.25) is 0 Å². The molecule has 0 saturated carbocycles. The fourth-order valence-electron chi connectivity index (χ4n) is 4.66. The number of ether oxygens (including phenoxy) is 1. The fourth-order valence-corrected chi connectivity index (χ4v) is 4.66. The number of hydrogen-bond acceptors (Lipinski definition) is 6. The number of hydrogen-bond donors (Lipinski definition) is 3. The van der Waals surface area contributed by atoms with Gasteiger partial charge in [0, 0.05) is 32.7 Å². The maximum Gasteiger partial charge on any atom is 0.410 e. The molecular formula is C22H30N4O5. The van der Waals surface area contributed by atoms with E-state index in [0.717, 1.165) is 19.3 Å². The standard InChI is InChI=1S/C22H30N4O5/c27-20(24-30)18-13-17(31-22(29)26-9-4-10-26)14-23-19(18)21(28)25-11-7-16(8-12-25)15-5-2-1-3-6-15/h1-3,5-6,16-19,23,30H,4,7-14H2,(H,24,27)/t17-,18-,19-/m0/s1. The Kier molecular flexibility index (Phi) is 6.72. The smallest absolute Gasteiger partial charge is 0.410 e. The molecule has 3 aliphatic rings. The zero-order chi connectivity index (χ0) is 21.8. The minimum atomic E-state index is -0.813. The Labute approximate surface area is 181 Å². The van der Waals surface area contributed by atoms with E-state index in [-0.39, 0.29) is 12.3 Å². The van der Waals surface area contributed by atoms with Gasteiger partial charge in [-0.1, -0.05) is 30.3 Å². The molecule has 3 amide bonds. The lowest BCUT2D eigenvalue weighted by atomic mass is 9.86. The minimum Gasteiger partial charge on any atom is -0.445 e. The normalized spacial score (nSPS) is 26.7. The van der Waals surface area contributed by atoms with Crippen LogP contribution in [0.3, 0.4) is 0 Å². The summed E-state index contributed by atoms with van der Waals surface area (Å²) in [6.45, 7) is 2.90. The van der Waals surface area contributed by atoms with Gasteiger partial charge in [-0.05, 0) is 37.2 Å². The van der Waals surface area contributed by atoms with Gasteiger partial charge in [-0.15, -0.1) is 0 Å². The molecule has 1 aromatic rings. The molecule has 0 aromatic heterocycles. The van der Waals surface area contributed by atoms with Crippen LogP contribution in [0.15, 0.2) is 30.3 Å². The molecule has 3 fully saturated rings. The molecule has 9 nitrogen and oxygen atoms in total. The number of nitrogens with zero attached hydrogens (tertiary/aromatic N) is 2. The summed E-state index contributed by atoms with van der Waals surface area (Å²) in [7, 11) is 0. The van der Waals surface area contributed by atoms with E-state index in [9.17, 15) is 19.6 Å². The van der Waals surface area contributed by atoms with Crippen molar-refractivity contribution in [1.82, 2.24) is 20.6 Å². The molecule has 3 N–H and O–H groups in total. The highest BCUT2D eigenvalue weighted by molar-refractivity contribution is 5.90. The summed E-state index contributed by atoms with van der Waals surface area (Å²) < 4.78 is 5.49. The Bertz CT molecular complexity index is 792. The Morgan fingerprint density at radius 2 is 1.74 bits per heavy atom. The van der Waals surface area contributed by atoms with Crippen molar-refractivity contribution in [2.75, 3.05) is 32.7 Å². The van der Waals surface area contributed by atoms with Crippen molar-refractivity contribution < 1.29 is 24.3 Å². The lowest BCUT2D eigenvalue weighted by Gasteiger charge is -2.40. The number of likely N-dealkylation sites (tertiary alicyclic amines) is 2. The van der Waals surface area contributed by atoms with Crippen LogP contribution in [0.5, 0.6) is 0 Å². The molecule has 3 heterocycles. The summed E-state index contributed by atoms with van der Waals surface area (Å²) in [5, 5.41) is 12.3. The number of hydroxylamine groups is 1. The van der Waals surface area contributed by atoms with Gasteiger partial charge in [0.05, 0.1) is 12.0 Å². The Morgan fingerprint density at radius 3 is 2.35 bits per heavy atom. The van der Waals surface area contributed by atoms with Crippen molar-refractivity contribution in [2.24, 2.45) is 5.92 Å². The van der Waals surface area contributed by atoms with Gasteiger partial charge in [0.1, 0.15) is 6.10 Å². The van der Waals surface area contributed by atoms with Gasteiger partial charge in [0.2, 0.25) is 11.8 Å². The first kappa shape index (κ1) is 21.6. The van der Waals surface area contributed by atoms with Gasteiger partial charge in [-0.25, -0.2) is 10.3 Å². The van der Waals surface area contributed by atoms with Crippen LogP contribution < -0.4 is 10.8 Å². The highest BCUT2D eigenvalue weighted by atomic mass is 16.6. The van der Waals surface area contributed by atoms with E-state index in [1.807, 2.05) is 18.2 Å². The SMILES string of the molecule is O=C(NO)[C@H]1C[C@H](OC(=O)N2CCC2)CN[C@@H]1C(=O)N1CCC(c2ccccc2)CC1. The number of amides is 3. The summed E-state index contributed by atoms with van der Waals surface area (Å²) in [5.41, 5.74) is 2.96. The van der Waals surface area contributed by atoms with E-state index < -0.39 is 30.1 Å². The summed E-state index contributed by atoms with van der Waals surface area (Å²) in [5.74, 6) is -1.18. The summed E-state index contributed by atoms with van der Waals surface area (Å²) in [4.78, 5) is 41.0. The van der Waals surface area contributed by atoms with Crippen molar-refractivity contribution in [1.29, 1.82) is 0 Å². The lowest BCUT2D eigenvalue weighted by Crippen LogP contribution is -2.61. The zero-order valence-corrected chi connectivity index (χ0v) is 17.5. The third-order valence-corrected chi connectivity index (χ3v) is 6.66. The van der Waals surface area contributed by atoms with Crippen LogP contribution in [-0.4, -0.2) is 77.8 Å². The molecule has 168 valence electrons. The second-order valence-electron chi connectivity index (χ2n) is 8.56. The fraction of sp³-hybridized carbons (Fsp3) is 0.591. The average Bonchev–Trinajstić information content (AvgIpc) is 2.77. The van der Waals surface area contributed by atoms with Crippen LogP contribution in [0.25, 0.3) is 0 Å². The Morgan fingerprint density at radius 1 is 1.03 bits per heavy atom. The van der Waals surface area contributed by atoms with Crippen molar-refractivity contribution in [3.8, 4) is 0 Å². The number of benzene rings is 1. The van der Waals surface area contributed by atoms with E-state index in [2.05, 4.69) is 17.4 Å². The molecule has 3 saturated heterocycles. The quantitative estimate of drug-likeness (QED) is 0.487. The molecule has 3 aliphatic heterocycles. The van der Waals surface area contributed by atoms with Gasteiger partial charge in [0.25, 0.3) is 0 Å². The molecule has 0 aliphatic carbocycles. The first-order chi connectivity index (χ1) is 15.1. The van der Waals surface area contributed by atoms with E-state index in [1.165, 1.54) is 5.56 Å². The predicted molar refractivity (Wildman–Crippen MR) is 111 cm³/mol. The van der Waals surface area contributed by atoms with Crippen molar-refractivity contribution in [3.05, 3.63) is 35.9 Å². The molecule has 0 bridgehead atoms. The number of carbonyl (C=O) groups is 3. The maximum atomic E-state index is 13.2. The molecule has 31 heavy (non-hydrogen) atoms. The number of nitrogens with one attached hydrogen (secondary N) is 2. The number of rotatable bonds is 4. The molecule has 4 rings (SSSR count). The highest BCUT2D eigenvalue weighted by Gasteiger charge is 2.43. The maximum absolute atomic E-state index is 13.2. The van der Waals surface area contributed by atoms with Crippen LogP contribution >= 0.6 is 0 Å². The van der Waals surface area contributed by atoms with Crippen LogP contribution in [0, 0.1) is 5.92 Å². The lowest BCUT2D eigenvalue weighted by molar-refractivity contribution is -0.146. The predicted octanol–water partition coefficient (Wildman–Crippen LogP) is 1.09. The van der Waals surface area contributed by atoms with E-state index >= 15 is 0 Å². The van der Waals surface area contributed by atoms with Crippen LogP contribution in [0.4, 0.5) is 4.79 Å².